The predicted octanol–water partition coefficient (Wildman–Crippen LogP) is 2.84. The number of halogens is 4. The van der Waals surface area contributed by atoms with Crippen LogP contribution in [0.1, 0.15) is 0 Å². The van der Waals surface area contributed by atoms with E-state index in [4.69, 9.17) is 34.8 Å². The Bertz CT molecular complexity index is 470. The quantitative estimate of drug-likeness (QED) is 0.741. The maximum absolute atomic E-state index is 13.6. The van der Waals surface area contributed by atoms with Crippen LogP contribution in [-0.2, 0) is 4.79 Å². The number of rotatable bonds is 1. The monoisotopic (exact) mass is 324 g/mol. The maximum Gasteiger partial charge on any atom is 0.274 e. The van der Waals surface area contributed by atoms with Gasteiger partial charge in [-0.25, -0.2) is 4.39 Å². The molecule has 1 fully saturated rings. The average Bonchev–Trinajstić information content (AvgIpc) is 2.38. The summed E-state index contributed by atoms with van der Waals surface area (Å²) in [5, 5.41) is 0. The Kier molecular flexibility index (Phi) is 4.43. The summed E-state index contributed by atoms with van der Waals surface area (Å²) in [6, 6.07) is 6.54. The number of alkyl halides is 3. The SMILES string of the molecule is O=C(N1CCN(c2ccccc2F)CC1)C(Cl)(Cl)Cl. The molecule has 1 amide bonds. The third-order valence-electron chi connectivity index (χ3n) is 3.00. The number of hydrogen-bond donors (Lipinski definition) is 0. The Hall–Kier alpha value is -0.710. The highest BCUT2D eigenvalue weighted by Gasteiger charge is 2.36. The van der Waals surface area contributed by atoms with Crippen molar-refractivity contribution in [1.82, 2.24) is 4.90 Å². The molecule has 0 spiro atoms. The van der Waals surface area contributed by atoms with Crippen LogP contribution >= 0.6 is 34.8 Å². The molecule has 0 atom stereocenters. The van der Waals surface area contributed by atoms with E-state index in [1.54, 1.807) is 18.2 Å². The van der Waals surface area contributed by atoms with Crippen molar-refractivity contribution in [3.63, 3.8) is 0 Å². The summed E-state index contributed by atoms with van der Waals surface area (Å²) in [6.45, 7) is 1.82. The first-order valence-corrected chi connectivity index (χ1v) is 6.88. The zero-order valence-corrected chi connectivity index (χ0v) is 12.2. The van der Waals surface area contributed by atoms with Gasteiger partial charge in [0.2, 0.25) is 0 Å². The van der Waals surface area contributed by atoms with Gasteiger partial charge in [0.1, 0.15) is 5.82 Å². The summed E-state index contributed by atoms with van der Waals surface area (Å²) in [5.41, 5.74) is 0.531. The highest BCUT2D eigenvalue weighted by molar-refractivity contribution is 6.76. The molecule has 0 unspecified atom stereocenters. The van der Waals surface area contributed by atoms with Crippen molar-refractivity contribution in [1.29, 1.82) is 0 Å². The second-order valence-corrected chi connectivity index (χ2v) is 6.51. The molecule has 0 bridgehead atoms. The van der Waals surface area contributed by atoms with Crippen LogP contribution in [-0.4, -0.2) is 40.8 Å². The van der Waals surface area contributed by atoms with E-state index in [9.17, 15) is 9.18 Å². The van der Waals surface area contributed by atoms with Gasteiger partial charge >= 0.3 is 0 Å². The minimum atomic E-state index is -1.93. The van der Waals surface area contributed by atoms with E-state index in [1.165, 1.54) is 11.0 Å². The van der Waals surface area contributed by atoms with Crippen molar-refractivity contribution in [3.05, 3.63) is 30.1 Å². The van der Waals surface area contributed by atoms with E-state index in [2.05, 4.69) is 0 Å². The van der Waals surface area contributed by atoms with Crippen molar-refractivity contribution < 1.29 is 9.18 Å². The largest absolute Gasteiger partial charge is 0.366 e. The number of para-hydroxylation sites is 1. The molecule has 0 aromatic heterocycles. The summed E-state index contributed by atoms with van der Waals surface area (Å²) in [6.07, 6.45) is 0. The molecule has 1 aliphatic rings. The standard InChI is InChI=1S/C12H12Cl3FN2O/c13-12(14,15)11(19)18-7-5-17(6-8-18)10-4-2-1-3-9(10)16/h1-4H,5-8H2. The summed E-state index contributed by atoms with van der Waals surface area (Å²) < 4.78 is 11.7. The molecule has 2 rings (SSSR count). The number of piperazine rings is 1. The van der Waals surface area contributed by atoms with Crippen LogP contribution in [0.4, 0.5) is 10.1 Å². The van der Waals surface area contributed by atoms with Crippen molar-refractivity contribution in [2.75, 3.05) is 31.1 Å². The highest BCUT2D eigenvalue weighted by Crippen LogP contribution is 2.29. The van der Waals surface area contributed by atoms with Gasteiger partial charge in [-0.1, -0.05) is 46.9 Å². The number of carbonyl (C=O) groups excluding carboxylic acids is 1. The molecule has 0 saturated carbocycles. The second kappa shape index (κ2) is 5.73. The van der Waals surface area contributed by atoms with Crippen LogP contribution in [0.3, 0.4) is 0 Å². The lowest BCUT2D eigenvalue weighted by Crippen LogP contribution is -2.52. The van der Waals surface area contributed by atoms with Gasteiger partial charge < -0.3 is 9.80 Å². The molecule has 1 aliphatic heterocycles. The number of benzene rings is 1. The highest BCUT2D eigenvalue weighted by atomic mass is 35.6. The molecule has 7 heteroatoms. The van der Waals surface area contributed by atoms with Crippen LogP contribution in [0.2, 0.25) is 0 Å². The lowest BCUT2D eigenvalue weighted by Gasteiger charge is -2.37. The molecular weight excluding hydrogens is 314 g/mol. The van der Waals surface area contributed by atoms with Crippen molar-refractivity contribution in [2.24, 2.45) is 0 Å². The topological polar surface area (TPSA) is 23.6 Å². The van der Waals surface area contributed by atoms with Gasteiger partial charge in [0, 0.05) is 26.2 Å². The molecule has 1 heterocycles. The van der Waals surface area contributed by atoms with Crippen molar-refractivity contribution in [3.8, 4) is 0 Å². The number of amides is 1. The first-order chi connectivity index (χ1) is 8.89. The molecule has 1 aromatic carbocycles. The molecule has 0 aliphatic carbocycles. The minimum absolute atomic E-state index is 0.274. The smallest absolute Gasteiger partial charge is 0.274 e. The van der Waals surface area contributed by atoms with Crippen molar-refractivity contribution >= 4 is 46.4 Å². The van der Waals surface area contributed by atoms with E-state index in [0.717, 1.165) is 0 Å². The summed E-state index contributed by atoms with van der Waals surface area (Å²) >= 11 is 16.7. The fourth-order valence-electron chi connectivity index (χ4n) is 2.04. The Morgan fingerprint density at radius 3 is 2.21 bits per heavy atom. The third-order valence-corrected chi connectivity index (χ3v) is 3.49. The maximum atomic E-state index is 13.6. The van der Waals surface area contributed by atoms with Crippen LogP contribution in [0.25, 0.3) is 0 Å². The van der Waals surface area contributed by atoms with Gasteiger partial charge in [-0.05, 0) is 12.1 Å². The van der Waals surface area contributed by atoms with Crippen LogP contribution in [0.15, 0.2) is 24.3 Å². The van der Waals surface area contributed by atoms with E-state index in [0.29, 0.717) is 31.9 Å². The summed E-state index contributed by atoms with van der Waals surface area (Å²) in [5.74, 6) is -0.811. The summed E-state index contributed by atoms with van der Waals surface area (Å²) in [4.78, 5) is 15.1. The number of nitrogens with zero attached hydrogens (tertiary/aromatic N) is 2. The Labute approximate surface area is 125 Å². The lowest BCUT2D eigenvalue weighted by molar-refractivity contribution is -0.130. The van der Waals surface area contributed by atoms with Gasteiger partial charge in [-0.3, -0.25) is 4.79 Å². The molecule has 19 heavy (non-hydrogen) atoms. The van der Waals surface area contributed by atoms with Crippen molar-refractivity contribution in [2.45, 2.75) is 3.79 Å². The van der Waals surface area contributed by atoms with Gasteiger partial charge in [0.25, 0.3) is 9.70 Å². The predicted molar refractivity (Wildman–Crippen MR) is 75.5 cm³/mol. The molecule has 1 aromatic rings. The van der Waals surface area contributed by atoms with Gasteiger partial charge in [-0.2, -0.15) is 0 Å². The summed E-state index contributed by atoms with van der Waals surface area (Å²) in [7, 11) is 0. The minimum Gasteiger partial charge on any atom is -0.366 e. The molecular formula is C12H12Cl3FN2O. The first kappa shape index (κ1) is 14.7. The van der Waals surface area contributed by atoms with E-state index in [1.807, 2.05) is 4.90 Å². The molecule has 3 nitrogen and oxygen atoms in total. The Morgan fingerprint density at radius 2 is 1.68 bits per heavy atom. The average molecular weight is 326 g/mol. The zero-order chi connectivity index (χ0) is 14.0. The molecule has 0 N–H and O–H groups in total. The lowest BCUT2D eigenvalue weighted by atomic mass is 10.2. The normalized spacial score (nSPS) is 16.6. The zero-order valence-electron chi connectivity index (χ0n) is 9.95. The van der Waals surface area contributed by atoms with Crippen LogP contribution in [0.5, 0.6) is 0 Å². The van der Waals surface area contributed by atoms with Gasteiger partial charge in [-0.15, -0.1) is 0 Å². The Morgan fingerprint density at radius 1 is 1.11 bits per heavy atom. The molecule has 0 radical (unpaired) electrons. The van der Waals surface area contributed by atoms with E-state index in [-0.39, 0.29) is 5.82 Å². The number of anilines is 1. The number of hydrogen-bond acceptors (Lipinski definition) is 2. The van der Waals surface area contributed by atoms with Gasteiger partial charge in [0.05, 0.1) is 5.69 Å². The van der Waals surface area contributed by atoms with Crippen LogP contribution in [0, 0.1) is 5.82 Å². The fraction of sp³-hybridized carbons (Fsp3) is 0.417. The first-order valence-electron chi connectivity index (χ1n) is 5.75. The Balaban J connectivity index is 2.00. The van der Waals surface area contributed by atoms with Crippen LogP contribution < -0.4 is 4.90 Å². The molecule has 1 saturated heterocycles. The van der Waals surface area contributed by atoms with E-state index >= 15 is 0 Å². The van der Waals surface area contributed by atoms with Gasteiger partial charge in [0.15, 0.2) is 0 Å². The second-order valence-electron chi connectivity index (χ2n) is 4.23. The van der Waals surface area contributed by atoms with E-state index < -0.39 is 9.70 Å². The molecule has 104 valence electrons. The fourth-order valence-corrected chi connectivity index (χ4v) is 2.40. The number of carbonyl (C=O) groups is 1. The third kappa shape index (κ3) is 3.44.